The van der Waals surface area contributed by atoms with Crippen LogP contribution in [0.2, 0.25) is 0 Å². The number of carbonyl (C=O) groups excluding carboxylic acids is 2. The van der Waals surface area contributed by atoms with Gasteiger partial charge in [-0.2, -0.15) is 5.10 Å². The average Bonchev–Trinajstić information content (AvgIpc) is 3.33. The zero-order chi connectivity index (χ0) is 24.7. The Morgan fingerprint density at radius 1 is 1.03 bits per heavy atom. The topological polar surface area (TPSA) is 84.1 Å². The number of allylic oxidation sites excluding steroid dienone is 3. The third-order valence-corrected chi connectivity index (χ3v) is 6.69. The molecule has 178 valence electrons. The molecular formula is C27H23F2N3O3. The molecule has 2 heterocycles. The first-order chi connectivity index (χ1) is 16.9. The van der Waals surface area contributed by atoms with Crippen molar-refractivity contribution < 1.29 is 23.1 Å². The summed E-state index contributed by atoms with van der Waals surface area (Å²) in [6.07, 6.45) is 2.34. The van der Waals surface area contributed by atoms with E-state index in [1.165, 1.54) is 31.4 Å². The summed E-state index contributed by atoms with van der Waals surface area (Å²) in [4.78, 5) is 26.5. The second kappa shape index (κ2) is 8.94. The fraction of sp³-hybridized carbons (Fsp3) is 0.222. The molecule has 1 aromatic heterocycles. The highest BCUT2D eigenvalue weighted by molar-refractivity contribution is 6.04. The van der Waals surface area contributed by atoms with Crippen LogP contribution in [-0.4, -0.2) is 29.1 Å². The number of carbonyl (C=O) groups is 2. The predicted octanol–water partition coefficient (Wildman–Crippen LogP) is 4.89. The second-order valence-corrected chi connectivity index (χ2v) is 8.77. The van der Waals surface area contributed by atoms with Crippen molar-refractivity contribution in [3.63, 3.8) is 0 Å². The molecule has 2 atom stereocenters. The van der Waals surface area contributed by atoms with Crippen molar-refractivity contribution in [2.24, 2.45) is 0 Å². The Labute approximate surface area is 200 Å². The van der Waals surface area contributed by atoms with E-state index in [9.17, 15) is 18.4 Å². The van der Waals surface area contributed by atoms with Crippen LogP contribution < -0.4 is 5.32 Å². The van der Waals surface area contributed by atoms with Crippen LogP contribution in [0, 0.1) is 11.6 Å². The largest absolute Gasteiger partial charge is 0.466 e. The first kappa shape index (κ1) is 22.7. The lowest BCUT2D eigenvalue weighted by Gasteiger charge is -2.36. The van der Waals surface area contributed by atoms with E-state index in [-0.39, 0.29) is 29.8 Å². The van der Waals surface area contributed by atoms with Crippen LogP contribution in [0.25, 0.3) is 11.3 Å². The van der Waals surface area contributed by atoms with Gasteiger partial charge in [-0.3, -0.25) is 9.89 Å². The van der Waals surface area contributed by atoms with Crippen LogP contribution in [0.15, 0.2) is 77.3 Å². The normalized spacial score (nSPS) is 19.9. The Kier molecular flexibility index (Phi) is 5.80. The van der Waals surface area contributed by atoms with Gasteiger partial charge in [0.1, 0.15) is 11.6 Å². The van der Waals surface area contributed by atoms with E-state index in [1.807, 2.05) is 0 Å². The Balaban J connectivity index is 1.63. The standard InChI is InChI=1S/C27H23F2N3O3/c1-14-23(27(34)35-2)24(20-13-30-32-26(20)16-5-9-19(29)10-6-16)25-21(31-14)11-17(12-22(25)33)15-3-7-18(28)8-4-15/h3-10,13,17,24,31H,11-12H2,1-2H3,(H,30,32)/t17-,24+/m0/s1. The summed E-state index contributed by atoms with van der Waals surface area (Å²) in [5.74, 6) is -2.20. The summed E-state index contributed by atoms with van der Waals surface area (Å²) >= 11 is 0. The van der Waals surface area contributed by atoms with Gasteiger partial charge in [0.05, 0.1) is 30.5 Å². The number of rotatable bonds is 4. The number of ether oxygens (including phenoxy) is 1. The number of nitrogens with zero attached hydrogens (tertiary/aromatic N) is 1. The molecule has 5 rings (SSSR count). The van der Waals surface area contributed by atoms with Crippen LogP contribution in [-0.2, 0) is 14.3 Å². The summed E-state index contributed by atoms with van der Waals surface area (Å²) < 4.78 is 32.1. The maximum atomic E-state index is 13.6. The zero-order valence-corrected chi connectivity index (χ0v) is 19.2. The minimum Gasteiger partial charge on any atom is -0.466 e. The van der Waals surface area contributed by atoms with E-state index in [0.29, 0.717) is 40.1 Å². The SMILES string of the molecule is COC(=O)C1=C(C)NC2=C(C(=O)C[C@@H](c3ccc(F)cc3)C2)[C@@H]1c1cn[nH]c1-c1ccc(F)cc1. The number of esters is 1. The van der Waals surface area contributed by atoms with Crippen LogP contribution in [0.4, 0.5) is 8.78 Å². The highest BCUT2D eigenvalue weighted by Crippen LogP contribution is 2.47. The molecule has 2 aliphatic rings. The second-order valence-electron chi connectivity index (χ2n) is 8.77. The molecule has 0 spiro atoms. The molecule has 2 N–H and O–H groups in total. The van der Waals surface area contributed by atoms with E-state index >= 15 is 0 Å². The number of aromatic amines is 1. The minimum atomic E-state index is -0.709. The average molecular weight is 475 g/mol. The number of halogens is 2. The Morgan fingerprint density at radius 3 is 2.34 bits per heavy atom. The van der Waals surface area contributed by atoms with Gasteiger partial charge in [0, 0.05) is 34.5 Å². The molecule has 0 saturated heterocycles. The molecule has 1 aliphatic carbocycles. The highest BCUT2D eigenvalue weighted by atomic mass is 19.1. The van der Waals surface area contributed by atoms with Gasteiger partial charge in [-0.1, -0.05) is 12.1 Å². The quantitative estimate of drug-likeness (QED) is 0.525. The molecule has 35 heavy (non-hydrogen) atoms. The van der Waals surface area contributed by atoms with Gasteiger partial charge in [0.25, 0.3) is 0 Å². The summed E-state index contributed by atoms with van der Waals surface area (Å²) in [5, 5.41) is 10.4. The molecule has 3 aromatic rings. The molecule has 6 nitrogen and oxygen atoms in total. The van der Waals surface area contributed by atoms with E-state index in [1.54, 1.807) is 37.4 Å². The van der Waals surface area contributed by atoms with Crippen molar-refractivity contribution in [3.05, 3.63) is 100 Å². The van der Waals surface area contributed by atoms with Crippen molar-refractivity contribution in [2.75, 3.05) is 7.11 Å². The summed E-state index contributed by atoms with van der Waals surface area (Å²) in [5.41, 5.74) is 4.87. The molecule has 0 unspecified atom stereocenters. The molecule has 0 radical (unpaired) electrons. The van der Waals surface area contributed by atoms with Gasteiger partial charge in [-0.15, -0.1) is 0 Å². The molecule has 0 fully saturated rings. The van der Waals surface area contributed by atoms with Crippen molar-refractivity contribution in [1.82, 2.24) is 15.5 Å². The molecule has 1 aliphatic heterocycles. The number of ketones is 1. The van der Waals surface area contributed by atoms with Crippen LogP contribution in [0.5, 0.6) is 0 Å². The Bertz CT molecular complexity index is 1370. The minimum absolute atomic E-state index is 0.113. The van der Waals surface area contributed by atoms with Crippen LogP contribution in [0.1, 0.15) is 42.7 Å². The monoisotopic (exact) mass is 475 g/mol. The van der Waals surface area contributed by atoms with E-state index in [0.717, 1.165) is 11.3 Å². The molecule has 0 bridgehead atoms. The predicted molar refractivity (Wildman–Crippen MR) is 125 cm³/mol. The number of hydrogen-bond acceptors (Lipinski definition) is 5. The Morgan fingerprint density at radius 2 is 1.69 bits per heavy atom. The summed E-state index contributed by atoms with van der Waals surface area (Å²) in [6, 6.07) is 12.1. The number of hydrogen-bond donors (Lipinski definition) is 2. The molecular weight excluding hydrogens is 452 g/mol. The molecule has 8 heteroatoms. The number of nitrogens with one attached hydrogen (secondary N) is 2. The number of Topliss-reactive ketones (excluding diaryl/α,β-unsaturated/α-hetero) is 1. The lowest BCUT2D eigenvalue weighted by Crippen LogP contribution is -2.36. The number of benzene rings is 2. The van der Waals surface area contributed by atoms with Crippen molar-refractivity contribution in [2.45, 2.75) is 31.6 Å². The first-order valence-corrected chi connectivity index (χ1v) is 11.2. The van der Waals surface area contributed by atoms with E-state index < -0.39 is 11.9 Å². The highest BCUT2D eigenvalue weighted by Gasteiger charge is 2.42. The summed E-state index contributed by atoms with van der Waals surface area (Å²) in [7, 11) is 1.30. The van der Waals surface area contributed by atoms with Gasteiger partial charge < -0.3 is 10.1 Å². The lowest BCUT2D eigenvalue weighted by molar-refractivity contribution is -0.136. The van der Waals surface area contributed by atoms with Crippen molar-refractivity contribution >= 4 is 11.8 Å². The summed E-state index contributed by atoms with van der Waals surface area (Å²) in [6.45, 7) is 1.77. The van der Waals surface area contributed by atoms with Gasteiger partial charge in [0.2, 0.25) is 0 Å². The molecule has 0 saturated carbocycles. The third-order valence-electron chi connectivity index (χ3n) is 6.69. The van der Waals surface area contributed by atoms with E-state index in [4.69, 9.17) is 4.74 Å². The van der Waals surface area contributed by atoms with Gasteiger partial charge in [-0.05, 0) is 61.2 Å². The van der Waals surface area contributed by atoms with Crippen molar-refractivity contribution in [3.8, 4) is 11.3 Å². The fourth-order valence-corrected chi connectivity index (χ4v) is 5.06. The maximum absolute atomic E-state index is 13.6. The zero-order valence-electron chi connectivity index (χ0n) is 19.2. The number of dihydropyridines is 1. The molecule has 2 aromatic carbocycles. The fourth-order valence-electron chi connectivity index (χ4n) is 5.06. The van der Waals surface area contributed by atoms with Crippen LogP contribution in [0.3, 0.4) is 0 Å². The Hall–Kier alpha value is -4.07. The lowest BCUT2D eigenvalue weighted by atomic mass is 9.71. The third kappa shape index (κ3) is 4.05. The number of aromatic nitrogens is 2. The van der Waals surface area contributed by atoms with Gasteiger partial charge >= 0.3 is 5.97 Å². The molecule has 0 amide bonds. The van der Waals surface area contributed by atoms with Gasteiger partial charge in [-0.25, -0.2) is 13.6 Å². The first-order valence-electron chi connectivity index (χ1n) is 11.2. The number of H-pyrrole nitrogens is 1. The van der Waals surface area contributed by atoms with Gasteiger partial charge in [0.15, 0.2) is 5.78 Å². The number of methoxy groups -OCH3 is 1. The smallest absolute Gasteiger partial charge is 0.336 e. The maximum Gasteiger partial charge on any atom is 0.336 e. The van der Waals surface area contributed by atoms with Crippen molar-refractivity contribution in [1.29, 1.82) is 0 Å². The van der Waals surface area contributed by atoms with E-state index in [2.05, 4.69) is 15.5 Å². The van der Waals surface area contributed by atoms with Crippen LogP contribution >= 0.6 is 0 Å².